The minimum absolute atomic E-state index is 0.492. The molecule has 1 saturated heterocycles. The Bertz CT molecular complexity index is 520. The van der Waals surface area contributed by atoms with Crippen molar-refractivity contribution in [2.75, 3.05) is 33.4 Å². The van der Waals surface area contributed by atoms with Crippen molar-refractivity contribution in [1.82, 2.24) is 15.5 Å². The van der Waals surface area contributed by atoms with Crippen molar-refractivity contribution < 1.29 is 4.74 Å². The number of nitrogens with zero attached hydrogens (tertiary/aromatic N) is 2. The van der Waals surface area contributed by atoms with E-state index in [1.165, 1.54) is 5.56 Å². The molecule has 0 aromatic heterocycles. The maximum atomic E-state index is 5.37. The van der Waals surface area contributed by atoms with E-state index in [4.69, 9.17) is 4.74 Å². The van der Waals surface area contributed by atoms with Crippen LogP contribution < -0.4 is 10.6 Å². The summed E-state index contributed by atoms with van der Waals surface area (Å²) < 4.78 is 5.37. The number of guanidine groups is 1. The van der Waals surface area contributed by atoms with Gasteiger partial charge in [0.2, 0.25) is 0 Å². The van der Waals surface area contributed by atoms with E-state index in [0.717, 1.165) is 64.5 Å². The molecule has 2 atom stereocenters. The fourth-order valence-corrected chi connectivity index (χ4v) is 3.47. The molecular weight excluding hydrogens is 324 g/mol. The lowest BCUT2D eigenvalue weighted by molar-refractivity contribution is 0.134. The molecule has 1 fully saturated rings. The molecule has 5 heteroatoms. The van der Waals surface area contributed by atoms with Crippen LogP contribution in [0.4, 0.5) is 0 Å². The summed E-state index contributed by atoms with van der Waals surface area (Å²) >= 11 is 0. The smallest absolute Gasteiger partial charge is 0.191 e. The molecule has 26 heavy (non-hydrogen) atoms. The van der Waals surface area contributed by atoms with Crippen LogP contribution in [0.5, 0.6) is 0 Å². The number of benzene rings is 1. The second kappa shape index (κ2) is 11.9. The fourth-order valence-electron chi connectivity index (χ4n) is 3.47. The van der Waals surface area contributed by atoms with Crippen molar-refractivity contribution in [3.05, 3.63) is 35.9 Å². The molecule has 0 bridgehead atoms. The Morgan fingerprint density at radius 1 is 1.27 bits per heavy atom. The van der Waals surface area contributed by atoms with Crippen LogP contribution in [0.1, 0.15) is 45.1 Å². The van der Waals surface area contributed by atoms with Gasteiger partial charge in [0.05, 0.1) is 0 Å². The minimum atomic E-state index is 0.492. The van der Waals surface area contributed by atoms with Gasteiger partial charge >= 0.3 is 0 Å². The largest absolute Gasteiger partial charge is 0.382 e. The van der Waals surface area contributed by atoms with E-state index in [9.17, 15) is 0 Å². The van der Waals surface area contributed by atoms with Gasteiger partial charge in [0.1, 0.15) is 0 Å². The molecule has 2 unspecified atom stereocenters. The molecule has 1 aromatic rings. The molecule has 0 radical (unpaired) electrons. The molecular formula is C21H36N4O. The van der Waals surface area contributed by atoms with Crippen LogP contribution in [0.15, 0.2) is 35.3 Å². The standard InChI is InChI=1S/C21H36N4O/c1-4-26-15-9-8-13-23-21(22-3)24-20-12-14-25(18(2)16-20)17-19-10-6-5-7-11-19/h5-7,10-11,18,20H,4,8-9,12-17H2,1-3H3,(H2,22,23,24). The Labute approximate surface area is 159 Å². The van der Waals surface area contributed by atoms with E-state index in [1.807, 2.05) is 14.0 Å². The number of piperidine rings is 1. The number of rotatable bonds is 9. The van der Waals surface area contributed by atoms with Gasteiger partial charge in [-0.15, -0.1) is 0 Å². The van der Waals surface area contributed by atoms with Gasteiger partial charge < -0.3 is 15.4 Å². The molecule has 2 rings (SSSR count). The predicted molar refractivity (Wildman–Crippen MR) is 110 cm³/mol. The molecule has 1 aliphatic heterocycles. The number of aliphatic imine (C=N–C) groups is 1. The highest BCUT2D eigenvalue weighted by atomic mass is 16.5. The molecule has 146 valence electrons. The highest BCUT2D eigenvalue weighted by Gasteiger charge is 2.25. The Morgan fingerprint density at radius 3 is 2.77 bits per heavy atom. The van der Waals surface area contributed by atoms with Gasteiger partial charge in [-0.3, -0.25) is 9.89 Å². The highest BCUT2D eigenvalue weighted by Crippen LogP contribution is 2.19. The quantitative estimate of drug-likeness (QED) is 0.404. The molecule has 0 saturated carbocycles. The molecule has 2 N–H and O–H groups in total. The number of likely N-dealkylation sites (tertiary alicyclic amines) is 1. The lowest BCUT2D eigenvalue weighted by atomic mass is 9.97. The van der Waals surface area contributed by atoms with E-state index < -0.39 is 0 Å². The number of unbranched alkanes of at least 4 members (excludes halogenated alkanes) is 1. The summed E-state index contributed by atoms with van der Waals surface area (Å²) in [7, 11) is 1.85. The van der Waals surface area contributed by atoms with Gasteiger partial charge in [0.25, 0.3) is 0 Å². The number of ether oxygens (including phenoxy) is 1. The van der Waals surface area contributed by atoms with Gasteiger partial charge in [0, 0.05) is 52.0 Å². The van der Waals surface area contributed by atoms with Gasteiger partial charge in [-0.2, -0.15) is 0 Å². The summed E-state index contributed by atoms with van der Waals surface area (Å²) in [6.45, 7) is 9.13. The van der Waals surface area contributed by atoms with Crippen LogP contribution in [0, 0.1) is 0 Å². The van der Waals surface area contributed by atoms with Crippen molar-refractivity contribution in [1.29, 1.82) is 0 Å². The van der Waals surface area contributed by atoms with E-state index in [2.05, 4.69) is 57.8 Å². The first-order valence-corrected chi connectivity index (χ1v) is 10.1. The zero-order valence-electron chi connectivity index (χ0n) is 16.7. The van der Waals surface area contributed by atoms with Crippen molar-refractivity contribution in [2.24, 2.45) is 4.99 Å². The van der Waals surface area contributed by atoms with Crippen LogP contribution in [0.2, 0.25) is 0 Å². The minimum Gasteiger partial charge on any atom is -0.382 e. The third-order valence-electron chi connectivity index (χ3n) is 5.02. The van der Waals surface area contributed by atoms with Crippen molar-refractivity contribution in [3.8, 4) is 0 Å². The molecule has 5 nitrogen and oxygen atoms in total. The Morgan fingerprint density at radius 2 is 2.08 bits per heavy atom. The number of hydrogen-bond donors (Lipinski definition) is 2. The SMILES string of the molecule is CCOCCCCNC(=NC)NC1CCN(Cc2ccccc2)C(C)C1. The monoisotopic (exact) mass is 360 g/mol. The predicted octanol–water partition coefficient (Wildman–Crippen LogP) is 3.02. The molecule has 0 amide bonds. The molecule has 1 heterocycles. The van der Waals surface area contributed by atoms with Crippen LogP contribution in [0.3, 0.4) is 0 Å². The van der Waals surface area contributed by atoms with E-state index in [-0.39, 0.29) is 0 Å². The van der Waals surface area contributed by atoms with Crippen LogP contribution in [-0.4, -0.2) is 56.3 Å². The maximum absolute atomic E-state index is 5.37. The summed E-state index contributed by atoms with van der Waals surface area (Å²) in [4.78, 5) is 6.96. The van der Waals surface area contributed by atoms with Gasteiger partial charge in [0.15, 0.2) is 5.96 Å². The second-order valence-corrected chi connectivity index (χ2v) is 7.07. The van der Waals surface area contributed by atoms with Crippen LogP contribution in [0.25, 0.3) is 0 Å². The van der Waals surface area contributed by atoms with Crippen LogP contribution >= 0.6 is 0 Å². The van der Waals surface area contributed by atoms with Gasteiger partial charge in [-0.05, 0) is 45.1 Å². The summed E-state index contributed by atoms with van der Waals surface area (Å²) in [5.74, 6) is 0.926. The molecule has 0 spiro atoms. The highest BCUT2D eigenvalue weighted by molar-refractivity contribution is 5.79. The average Bonchev–Trinajstić information content (AvgIpc) is 2.66. The summed E-state index contributed by atoms with van der Waals surface area (Å²) in [6, 6.07) is 11.8. The lowest BCUT2D eigenvalue weighted by Gasteiger charge is -2.38. The van der Waals surface area contributed by atoms with E-state index in [1.54, 1.807) is 0 Å². The molecule has 1 aromatic carbocycles. The third kappa shape index (κ3) is 7.34. The molecule has 0 aliphatic carbocycles. The van der Waals surface area contributed by atoms with Crippen molar-refractivity contribution in [2.45, 2.75) is 58.2 Å². The second-order valence-electron chi connectivity index (χ2n) is 7.07. The van der Waals surface area contributed by atoms with E-state index >= 15 is 0 Å². The summed E-state index contributed by atoms with van der Waals surface area (Å²) in [6.07, 6.45) is 4.50. The summed E-state index contributed by atoms with van der Waals surface area (Å²) in [5.41, 5.74) is 1.40. The molecule has 1 aliphatic rings. The van der Waals surface area contributed by atoms with Crippen molar-refractivity contribution in [3.63, 3.8) is 0 Å². The third-order valence-corrected chi connectivity index (χ3v) is 5.02. The summed E-state index contributed by atoms with van der Waals surface area (Å²) in [5, 5.41) is 7.03. The fraction of sp³-hybridized carbons (Fsp3) is 0.667. The normalized spacial score (nSPS) is 21.6. The first-order chi connectivity index (χ1) is 12.7. The van der Waals surface area contributed by atoms with E-state index in [0.29, 0.717) is 12.1 Å². The lowest BCUT2D eigenvalue weighted by Crippen LogP contribution is -2.51. The zero-order chi connectivity index (χ0) is 18.6. The van der Waals surface area contributed by atoms with Gasteiger partial charge in [-0.25, -0.2) is 0 Å². The number of nitrogens with one attached hydrogen (secondary N) is 2. The topological polar surface area (TPSA) is 48.9 Å². The Balaban J connectivity index is 1.68. The van der Waals surface area contributed by atoms with Gasteiger partial charge in [-0.1, -0.05) is 30.3 Å². The maximum Gasteiger partial charge on any atom is 0.191 e. The zero-order valence-corrected chi connectivity index (χ0v) is 16.7. The van der Waals surface area contributed by atoms with Crippen LogP contribution in [-0.2, 0) is 11.3 Å². The Hall–Kier alpha value is -1.59. The van der Waals surface area contributed by atoms with Crippen molar-refractivity contribution >= 4 is 5.96 Å². The first kappa shape index (κ1) is 20.7. The number of hydrogen-bond acceptors (Lipinski definition) is 3. The average molecular weight is 361 g/mol. The first-order valence-electron chi connectivity index (χ1n) is 10.1. The Kier molecular flexibility index (Phi) is 9.50.